The van der Waals surface area contributed by atoms with Gasteiger partial charge in [-0.2, -0.15) is 0 Å². The van der Waals surface area contributed by atoms with E-state index >= 15 is 0 Å². The maximum atomic E-state index is 14.0. The summed E-state index contributed by atoms with van der Waals surface area (Å²) in [6.07, 6.45) is 1.70. The van der Waals surface area contributed by atoms with Crippen molar-refractivity contribution in [3.05, 3.63) is 59.5 Å². The van der Waals surface area contributed by atoms with Crippen LogP contribution in [0.4, 0.5) is 4.39 Å². The summed E-state index contributed by atoms with van der Waals surface area (Å²) in [5, 5.41) is 8.13. The predicted octanol–water partition coefficient (Wildman–Crippen LogP) is 2.80. The monoisotopic (exact) mass is 261 g/mol. The Hall–Kier alpha value is -1.88. The van der Waals surface area contributed by atoms with Crippen LogP contribution in [0.15, 0.2) is 47.6 Å². The number of nitrogens with zero attached hydrogens (tertiary/aromatic N) is 1. The molecule has 18 heavy (non-hydrogen) atoms. The molecule has 0 spiro atoms. The van der Waals surface area contributed by atoms with Crippen molar-refractivity contribution in [3.63, 3.8) is 0 Å². The highest BCUT2D eigenvalue weighted by Crippen LogP contribution is 2.23. The molecule has 2 rings (SSSR count). The standard InChI is InChI=1S/C13H12FN3S/c14-12-9(4-3-5-10(12)13(15)16)8-18-11-6-1-2-7-17-11/h1-7H,8H2,(H3,15,16). The van der Waals surface area contributed by atoms with E-state index in [1.807, 2.05) is 18.2 Å². The van der Waals surface area contributed by atoms with Gasteiger partial charge in [-0.05, 0) is 23.8 Å². The van der Waals surface area contributed by atoms with Crippen LogP contribution in [-0.4, -0.2) is 10.8 Å². The molecule has 0 atom stereocenters. The normalized spacial score (nSPS) is 10.3. The van der Waals surface area contributed by atoms with Crippen LogP contribution in [-0.2, 0) is 5.75 Å². The SMILES string of the molecule is N=C(N)c1cccc(CSc2ccccn2)c1F. The minimum Gasteiger partial charge on any atom is -0.384 e. The van der Waals surface area contributed by atoms with E-state index in [0.29, 0.717) is 11.3 Å². The van der Waals surface area contributed by atoms with Gasteiger partial charge in [0.2, 0.25) is 0 Å². The number of benzene rings is 1. The molecule has 1 heterocycles. The van der Waals surface area contributed by atoms with Crippen LogP contribution in [0, 0.1) is 11.2 Å². The zero-order valence-electron chi connectivity index (χ0n) is 9.56. The lowest BCUT2D eigenvalue weighted by molar-refractivity contribution is 0.614. The molecule has 0 aliphatic rings. The minimum absolute atomic E-state index is 0.147. The molecular formula is C13H12FN3S. The van der Waals surface area contributed by atoms with Gasteiger partial charge in [-0.15, -0.1) is 11.8 Å². The van der Waals surface area contributed by atoms with Gasteiger partial charge in [0.15, 0.2) is 0 Å². The lowest BCUT2D eigenvalue weighted by atomic mass is 10.1. The first-order valence-corrected chi connectivity index (χ1v) is 6.32. The predicted molar refractivity (Wildman–Crippen MR) is 71.2 cm³/mol. The summed E-state index contributed by atoms with van der Waals surface area (Å²) in [5.74, 6) is -0.213. The van der Waals surface area contributed by atoms with E-state index in [2.05, 4.69) is 4.98 Å². The second-order valence-electron chi connectivity index (χ2n) is 3.65. The molecule has 3 nitrogen and oxygen atoms in total. The number of amidine groups is 1. The summed E-state index contributed by atoms with van der Waals surface area (Å²) < 4.78 is 14.0. The van der Waals surface area contributed by atoms with E-state index in [9.17, 15) is 4.39 Å². The Balaban J connectivity index is 2.15. The Kier molecular flexibility index (Phi) is 3.94. The van der Waals surface area contributed by atoms with Crippen LogP contribution < -0.4 is 5.73 Å². The zero-order valence-corrected chi connectivity index (χ0v) is 10.4. The Labute approximate surface area is 109 Å². The highest BCUT2D eigenvalue weighted by molar-refractivity contribution is 7.98. The van der Waals surface area contributed by atoms with E-state index in [-0.39, 0.29) is 11.4 Å². The molecule has 0 saturated carbocycles. The highest BCUT2D eigenvalue weighted by atomic mass is 32.2. The molecule has 0 aliphatic carbocycles. The summed E-state index contributed by atoms with van der Waals surface area (Å²) in [7, 11) is 0. The summed E-state index contributed by atoms with van der Waals surface area (Å²) in [6.45, 7) is 0. The zero-order chi connectivity index (χ0) is 13.0. The summed E-state index contributed by atoms with van der Waals surface area (Å²) in [4.78, 5) is 4.15. The fourth-order valence-corrected chi connectivity index (χ4v) is 2.32. The fourth-order valence-electron chi connectivity index (χ4n) is 1.48. The Morgan fingerprint density at radius 1 is 1.28 bits per heavy atom. The van der Waals surface area contributed by atoms with E-state index in [0.717, 1.165) is 5.03 Å². The molecule has 1 aromatic heterocycles. The number of hydrogen-bond acceptors (Lipinski definition) is 3. The third kappa shape index (κ3) is 2.87. The number of pyridine rings is 1. The average Bonchev–Trinajstić information content (AvgIpc) is 2.38. The summed E-state index contributed by atoms with van der Waals surface area (Å²) in [5.41, 5.74) is 5.99. The number of nitrogens with two attached hydrogens (primary N) is 1. The molecule has 3 N–H and O–H groups in total. The molecule has 0 bridgehead atoms. The molecule has 0 radical (unpaired) electrons. The van der Waals surface area contributed by atoms with E-state index in [4.69, 9.17) is 11.1 Å². The number of nitrogen functional groups attached to an aromatic ring is 1. The molecule has 92 valence electrons. The quantitative estimate of drug-likeness (QED) is 0.505. The Morgan fingerprint density at radius 3 is 2.78 bits per heavy atom. The van der Waals surface area contributed by atoms with Crippen molar-refractivity contribution >= 4 is 17.6 Å². The van der Waals surface area contributed by atoms with Crippen molar-refractivity contribution in [1.29, 1.82) is 5.41 Å². The van der Waals surface area contributed by atoms with Gasteiger partial charge in [-0.25, -0.2) is 9.37 Å². The topological polar surface area (TPSA) is 62.8 Å². The fraction of sp³-hybridized carbons (Fsp3) is 0.0769. The summed E-state index contributed by atoms with van der Waals surface area (Å²) in [6, 6.07) is 10.5. The lowest BCUT2D eigenvalue weighted by Crippen LogP contribution is -2.14. The number of halogens is 1. The average molecular weight is 261 g/mol. The van der Waals surface area contributed by atoms with Gasteiger partial charge in [0.25, 0.3) is 0 Å². The maximum absolute atomic E-state index is 14.0. The van der Waals surface area contributed by atoms with Gasteiger partial charge in [0.1, 0.15) is 11.7 Å². The maximum Gasteiger partial charge on any atom is 0.138 e. The van der Waals surface area contributed by atoms with Gasteiger partial charge in [-0.1, -0.05) is 18.2 Å². The van der Waals surface area contributed by atoms with Crippen LogP contribution in [0.3, 0.4) is 0 Å². The second-order valence-corrected chi connectivity index (χ2v) is 4.64. The van der Waals surface area contributed by atoms with Crippen LogP contribution in [0.1, 0.15) is 11.1 Å². The highest BCUT2D eigenvalue weighted by Gasteiger charge is 2.10. The Morgan fingerprint density at radius 2 is 2.11 bits per heavy atom. The van der Waals surface area contributed by atoms with Crippen molar-refractivity contribution in [1.82, 2.24) is 4.98 Å². The molecule has 1 aromatic carbocycles. The van der Waals surface area contributed by atoms with Crippen molar-refractivity contribution in [2.45, 2.75) is 10.8 Å². The van der Waals surface area contributed by atoms with Crippen molar-refractivity contribution < 1.29 is 4.39 Å². The number of nitrogens with one attached hydrogen (secondary N) is 1. The smallest absolute Gasteiger partial charge is 0.138 e. The van der Waals surface area contributed by atoms with Gasteiger partial charge in [-0.3, -0.25) is 5.41 Å². The molecule has 0 saturated heterocycles. The van der Waals surface area contributed by atoms with Crippen molar-refractivity contribution in [3.8, 4) is 0 Å². The van der Waals surface area contributed by atoms with Crippen molar-refractivity contribution in [2.24, 2.45) is 5.73 Å². The lowest BCUT2D eigenvalue weighted by Gasteiger charge is -2.06. The largest absolute Gasteiger partial charge is 0.384 e. The van der Waals surface area contributed by atoms with E-state index < -0.39 is 5.82 Å². The molecule has 0 amide bonds. The molecule has 0 aliphatic heterocycles. The summed E-state index contributed by atoms with van der Waals surface area (Å²) >= 11 is 1.45. The van der Waals surface area contributed by atoms with Crippen LogP contribution in [0.5, 0.6) is 0 Å². The minimum atomic E-state index is -0.423. The molecule has 0 fully saturated rings. The van der Waals surface area contributed by atoms with E-state index in [1.165, 1.54) is 17.8 Å². The van der Waals surface area contributed by atoms with Gasteiger partial charge in [0, 0.05) is 11.9 Å². The number of hydrogen-bond donors (Lipinski definition) is 2. The first-order valence-electron chi connectivity index (χ1n) is 5.34. The first kappa shape index (κ1) is 12.6. The van der Waals surface area contributed by atoms with Gasteiger partial charge >= 0.3 is 0 Å². The Bertz CT molecular complexity index is 557. The second kappa shape index (κ2) is 5.64. The van der Waals surface area contributed by atoms with E-state index in [1.54, 1.807) is 18.3 Å². The first-order chi connectivity index (χ1) is 8.68. The molecular weight excluding hydrogens is 249 g/mol. The van der Waals surface area contributed by atoms with Crippen molar-refractivity contribution in [2.75, 3.05) is 0 Å². The molecule has 5 heteroatoms. The number of aromatic nitrogens is 1. The van der Waals surface area contributed by atoms with Crippen LogP contribution >= 0.6 is 11.8 Å². The van der Waals surface area contributed by atoms with Crippen LogP contribution in [0.2, 0.25) is 0 Å². The number of thioether (sulfide) groups is 1. The third-order valence-electron chi connectivity index (χ3n) is 2.38. The molecule has 2 aromatic rings. The van der Waals surface area contributed by atoms with Gasteiger partial charge < -0.3 is 5.73 Å². The van der Waals surface area contributed by atoms with Gasteiger partial charge in [0.05, 0.1) is 10.6 Å². The number of rotatable bonds is 4. The van der Waals surface area contributed by atoms with Crippen LogP contribution in [0.25, 0.3) is 0 Å². The molecule has 0 unspecified atom stereocenters. The third-order valence-corrected chi connectivity index (χ3v) is 3.37.